The second-order valence-electron chi connectivity index (χ2n) is 6.08. The van der Waals surface area contributed by atoms with Crippen LogP contribution in [0.2, 0.25) is 5.02 Å². The second kappa shape index (κ2) is 6.25. The monoisotopic (exact) mass is 318 g/mol. The van der Waals surface area contributed by atoms with Gasteiger partial charge in [-0.1, -0.05) is 62.3 Å². The van der Waals surface area contributed by atoms with Crippen LogP contribution in [0.4, 0.5) is 0 Å². The van der Waals surface area contributed by atoms with Gasteiger partial charge in [0, 0.05) is 15.4 Å². The van der Waals surface area contributed by atoms with E-state index >= 15 is 0 Å². The zero-order valence-electron chi connectivity index (χ0n) is 12.7. The Balaban J connectivity index is 2.20. The minimum Gasteiger partial charge on any atom is -0.295 e. The van der Waals surface area contributed by atoms with Crippen LogP contribution in [0.1, 0.15) is 43.6 Å². The molecule has 2 rings (SSSR count). The van der Waals surface area contributed by atoms with Crippen LogP contribution in [-0.2, 0) is 5.41 Å². The van der Waals surface area contributed by atoms with Crippen LogP contribution in [0.25, 0.3) is 0 Å². The zero-order valence-corrected chi connectivity index (χ0v) is 14.3. The Morgan fingerprint density at radius 2 is 1.67 bits per heavy atom. The van der Waals surface area contributed by atoms with Crippen molar-refractivity contribution in [3.05, 3.63) is 58.6 Å². The van der Waals surface area contributed by atoms with Gasteiger partial charge in [0.05, 0.1) is 5.02 Å². The lowest BCUT2D eigenvalue weighted by Gasteiger charge is -2.19. The summed E-state index contributed by atoms with van der Waals surface area (Å²) in [6, 6.07) is 14.0. The first kappa shape index (κ1) is 16.1. The lowest BCUT2D eigenvalue weighted by Crippen LogP contribution is -2.10. The van der Waals surface area contributed by atoms with E-state index in [2.05, 4.69) is 45.0 Å². The van der Waals surface area contributed by atoms with Crippen molar-refractivity contribution in [3.63, 3.8) is 0 Å². The number of rotatable bonds is 3. The average molecular weight is 319 g/mol. The average Bonchev–Trinajstić information content (AvgIpc) is 2.40. The van der Waals surface area contributed by atoms with Gasteiger partial charge in [0.2, 0.25) is 0 Å². The van der Waals surface area contributed by atoms with Gasteiger partial charge in [-0.3, -0.25) is 4.79 Å². The first-order chi connectivity index (χ1) is 9.77. The third-order valence-corrected chi connectivity index (χ3v) is 4.80. The van der Waals surface area contributed by atoms with Crippen LogP contribution in [0.5, 0.6) is 0 Å². The number of Topliss-reactive ketones (excluding diaryl/α,β-unsaturated/α-hetero) is 1. The molecular weight excluding hydrogens is 300 g/mol. The van der Waals surface area contributed by atoms with Gasteiger partial charge in [0.1, 0.15) is 0 Å². The Labute approximate surface area is 135 Å². The van der Waals surface area contributed by atoms with Gasteiger partial charge >= 0.3 is 0 Å². The molecule has 0 aliphatic carbocycles. The fourth-order valence-corrected chi connectivity index (χ4v) is 3.07. The molecule has 0 aliphatic heterocycles. The second-order valence-corrected chi connectivity index (χ2v) is 7.60. The van der Waals surface area contributed by atoms with Gasteiger partial charge in [-0.05, 0) is 42.2 Å². The largest absolute Gasteiger partial charge is 0.295 e. The van der Waals surface area contributed by atoms with E-state index in [1.165, 1.54) is 5.56 Å². The maximum absolute atomic E-state index is 11.3. The molecule has 0 unspecified atom stereocenters. The van der Waals surface area contributed by atoms with Crippen molar-refractivity contribution in [2.45, 2.75) is 42.9 Å². The van der Waals surface area contributed by atoms with E-state index in [-0.39, 0.29) is 11.2 Å². The van der Waals surface area contributed by atoms with E-state index in [0.29, 0.717) is 10.6 Å². The fraction of sp³-hybridized carbons (Fsp3) is 0.278. The molecule has 110 valence electrons. The predicted octanol–water partition coefficient (Wildman–Crippen LogP) is 5.99. The maximum Gasteiger partial charge on any atom is 0.159 e. The number of benzene rings is 2. The Morgan fingerprint density at radius 1 is 1.05 bits per heavy atom. The highest BCUT2D eigenvalue weighted by atomic mass is 35.5. The van der Waals surface area contributed by atoms with E-state index in [9.17, 15) is 4.79 Å². The Hall–Kier alpha value is -1.25. The highest BCUT2D eigenvalue weighted by molar-refractivity contribution is 7.99. The van der Waals surface area contributed by atoms with Gasteiger partial charge in [-0.25, -0.2) is 0 Å². The predicted molar refractivity (Wildman–Crippen MR) is 90.7 cm³/mol. The molecule has 1 nitrogen and oxygen atoms in total. The SMILES string of the molecule is CC(=O)c1ccc(Sc2ccc(C(C)(C)C)cc2)c(Cl)c1. The number of hydrogen-bond donors (Lipinski definition) is 0. The molecule has 0 fully saturated rings. The summed E-state index contributed by atoms with van der Waals surface area (Å²) in [7, 11) is 0. The van der Waals surface area contributed by atoms with Crippen molar-refractivity contribution in [1.82, 2.24) is 0 Å². The van der Waals surface area contributed by atoms with Crippen molar-refractivity contribution in [2.24, 2.45) is 0 Å². The molecule has 21 heavy (non-hydrogen) atoms. The Kier molecular flexibility index (Phi) is 4.80. The third-order valence-electron chi connectivity index (χ3n) is 3.29. The zero-order chi connectivity index (χ0) is 15.6. The van der Waals surface area contributed by atoms with Crippen LogP contribution in [0.3, 0.4) is 0 Å². The number of carbonyl (C=O) groups excluding carboxylic acids is 1. The molecule has 0 amide bonds. The third kappa shape index (κ3) is 4.12. The standard InChI is InChI=1S/C18H19ClOS/c1-12(20)13-5-10-17(16(19)11-13)21-15-8-6-14(7-9-15)18(2,3)4/h5-11H,1-4H3. The van der Waals surface area contributed by atoms with Crippen LogP contribution >= 0.6 is 23.4 Å². The quantitative estimate of drug-likeness (QED) is 0.646. The van der Waals surface area contributed by atoms with E-state index < -0.39 is 0 Å². The molecule has 0 atom stereocenters. The summed E-state index contributed by atoms with van der Waals surface area (Å²) >= 11 is 7.86. The highest BCUT2D eigenvalue weighted by Gasteiger charge is 2.13. The fourth-order valence-electron chi connectivity index (χ4n) is 1.95. The van der Waals surface area contributed by atoms with Gasteiger partial charge in [0.25, 0.3) is 0 Å². The molecule has 3 heteroatoms. The van der Waals surface area contributed by atoms with Crippen molar-refractivity contribution in [2.75, 3.05) is 0 Å². The summed E-state index contributed by atoms with van der Waals surface area (Å²) in [5.74, 6) is 0.0305. The Morgan fingerprint density at radius 3 is 2.14 bits per heavy atom. The van der Waals surface area contributed by atoms with E-state index in [0.717, 1.165) is 9.79 Å². The molecule has 2 aromatic rings. The Bertz CT molecular complexity index is 654. The molecule has 2 aromatic carbocycles. The van der Waals surface area contributed by atoms with Crippen LogP contribution in [0.15, 0.2) is 52.3 Å². The summed E-state index contributed by atoms with van der Waals surface area (Å²) in [5, 5.41) is 0.618. The van der Waals surface area contributed by atoms with Crippen molar-refractivity contribution in [3.8, 4) is 0 Å². The maximum atomic E-state index is 11.3. The minimum atomic E-state index is 0.0305. The topological polar surface area (TPSA) is 17.1 Å². The van der Waals surface area contributed by atoms with E-state index in [4.69, 9.17) is 11.6 Å². The minimum absolute atomic E-state index is 0.0305. The first-order valence-electron chi connectivity index (χ1n) is 6.86. The molecule has 0 radical (unpaired) electrons. The molecule has 0 aromatic heterocycles. The van der Waals surface area contributed by atoms with Crippen LogP contribution in [0, 0.1) is 0 Å². The summed E-state index contributed by atoms with van der Waals surface area (Å²) < 4.78 is 0. The molecule has 0 bridgehead atoms. The van der Waals surface area contributed by atoms with E-state index in [1.54, 1.807) is 24.8 Å². The van der Waals surface area contributed by atoms with Crippen LogP contribution < -0.4 is 0 Å². The molecule has 0 saturated heterocycles. The molecule has 0 heterocycles. The summed E-state index contributed by atoms with van der Waals surface area (Å²) in [6.07, 6.45) is 0. The smallest absolute Gasteiger partial charge is 0.159 e. The highest BCUT2D eigenvalue weighted by Crippen LogP contribution is 2.35. The number of ketones is 1. The van der Waals surface area contributed by atoms with Gasteiger partial charge in [0.15, 0.2) is 5.78 Å². The lowest BCUT2D eigenvalue weighted by atomic mass is 9.87. The van der Waals surface area contributed by atoms with Gasteiger partial charge in [-0.15, -0.1) is 0 Å². The number of hydrogen-bond acceptors (Lipinski definition) is 2. The molecule has 0 spiro atoms. The number of carbonyl (C=O) groups is 1. The van der Waals surface area contributed by atoms with Gasteiger partial charge in [-0.2, -0.15) is 0 Å². The molecule has 0 aliphatic rings. The summed E-state index contributed by atoms with van der Waals surface area (Å²) in [4.78, 5) is 13.4. The molecule has 0 N–H and O–H groups in total. The summed E-state index contributed by atoms with van der Waals surface area (Å²) in [5.41, 5.74) is 2.11. The van der Waals surface area contributed by atoms with Gasteiger partial charge < -0.3 is 0 Å². The van der Waals surface area contributed by atoms with Crippen molar-refractivity contribution >= 4 is 29.1 Å². The first-order valence-corrected chi connectivity index (χ1v) is 8.06. The molecule has 0 saturated carbocycles. The lowest BCUT2D eigenvalue weighted by molar-refractivity contribution is 0.101. The van der Waals surface area contributed by atoms with Crippen LogP contribution in [-0.4, -0.2) is 5.78 Å². The summed E-state index contributed by atoms with van der Waals surface area (Å²) in [6.45, 7) is 8.15. The van der Waals surface area contributed by atoms with Crippen molar-refractivity contribution < 1.29 is 4.79 Å². The molecular formula is C18H19ClOS. The number of halogens is 1. The van der Waals surface area contributed by atoms with Crippen molar-refractivity contribution in [1.29, 1.82) is 0 Å². The normalized spacial score (nSPS) is 11.5. The van der Waals surface area contributed by atoms with E-state index in [1.807, 2.05) is 12.1 Å².